The molecule has 1 amide bonds. The van der Waals surface area contributed by atoms with Crippen LogP contribution in [0.1, 0.15) is 15.9 Å². The Hall–Kier alpha value is -4.13. The summed E-state index contributed by atoms with van der Waals surface area (Å²) < 4.78 is 12.4. The van der Waals surface area contributed by atoms with E-state index in [0.29, 0.717) is 22.8 Å². The molecule has 2 heterocycles. The number of pyridine rings is 1. The fourth-order valence-electron chi connectivity index (χ4n) is 3.26. The van der Waals surface area contributed by atoms with Crippen molar-refractivity contribution in [1.29, 1.82) is 0 Å². The molecule has 0 unspecified atom stereocenters. The van der Waals surface area contributed by atoms with Gasteiger partial charge in [0, 0.05) is 36.3 Å². The lowest BCUT2D eigenvalue weighted by Gasteiger charge is -2.11. The Balaban J connectivity index is 1.65. The summed E-state index contributed by atoms with van der Waals surface area (Å²) in [6.45, 7) is 0.280. The molecule has 0 aliphatic heterocycles. The first-order chi connectivity index (χ1) is 15.2. The monoisotopic (exact) mass is 414 g/mol. The number of para-hydroxylation sites is 1. The molecule has 7 nitrogen and oxygen atoms in total. The number of carbonyl (C=O) groups is 1. The first kappa shape index (κ1) is 20.2. The number of aromatic nitrogens is 3. The maximum atomic E-state index is 13.2. The standard InChI is InChI=1S/C24H22N4O3/c1-30-20-10-11-22(31-2)18(13-20)15-26-24(29)21-16-28(19-8-4-3-5-9-19)27-23(21)17-7-6-12-25-14-17/h3-14,16H,15H2,1-2H3,(H,26,29). The minimum absolute atomic E-state index is 0.245. The van der Waals surface area contributed by atoms with E-state index in [0.717, 1.165) is 16.8 Å². The number of ether oxygens (including phenoxy) is 2. The van der Waals surface area contributed by atoms with Crippen LogP contribution >= 0.6 is 0 Å². The number of rotatable bonds is 7. The van der Waals surface area contributed by atoms with Gasteiger partial charge in [-0.3, -0.25) is 9.78 Å². The van der Waals surface area contributed by atoms with Crippen molar-refractivity contribution in [3.05, 3.63) is 90.4 Å². The van der Waals surface area contributed by atoms with Crippen LogP contribution in [-0.4, -0.2) is 34.9 Å². The van der Waals surface area contributed by atoms with Crippen LogP contribution in [0, 0.1) is 0 Å². The van der Waals surface area contributed by atoms with Crippen LogP contribution in [0.3, 0.4) is 0 Å². The highest BCUT2D eigenvalue weighted by Crippen LogP contribution is 2.25. The molecule has 1 N–H and O–H groups in total. The van der Waals surface area contributed by atoms with E-state index >= 15 is 0 Å². The van der Waals surface area contributed by atoms with Crippen molar-refractivity contribution in [3.8, 4) is 28.4 Å². The Labute approximate surface area is 180 Å². The highest BCUT2D eigenvalue weighted by Gasteiger charge is 2.19. The van der Waals surface area contributed by atoms with Gasteiger partial charge in [-0.25, -0.2) is 4.68 Å². The molecule has 31 heavy (non-hydrogen) atoms. The lowest BCUT2D eigenvalue weighted by molar-refractivity contribution is 0.0951. The maximum absolute atomic E-state index is 13.2. The quantitative estimate of drug-likeness (QED) is 0.497. The van der Waals surface area contributed by atoms with Gasteiger partial charge in [0.25, 0.3) is 5.91 Å². The van der Waals surface area contributed by atoms with E-state index in [1.165, 1.54) is 0 Å². The molecule has 0 bridgehead atoms. The Bertz CT molecular complexity index is 1170. The number of hydrogen-bond acceptors (Lipinski definition) is 5. The highest BCUT2D eigenvalue weighted by molar-refractivity contribution is 5.99. The van der Waals surface area contributed by atoms with Gasteiger partial charge in [0.05, 0.1) is 25.5 Å². The molecule has 4 aromatic rings. The number of benzene rings is 2. The largest absolute Gasteiger partial charge is 0.497 e. The van der Waals surface area contributed by atoms with Gasteiger partial charge in [0.2, 0.25) is 0 Å². The molecule has 0 aliphatic rings. The summed E-state index contributed by atoms with van der Waals surface area (Å²) in [5.41, 5.74) is 3.46. The molecule has 2 aromatic carbocycles. The van der Waals surface area contributed by atoms with Crippen molar-refractivity contribution >= 4 is 5.91 Å². The van der Waals surface area contributed by atoms with Crippen molar-refractivity contribution in [2.75, 3.05) is 14.2 Å². The van der Waals surface area contributed by atoms with Crippen LogP contribution in [-0.2, 0) is 6.54 Å². The van der Waals surface area contributed by atoms with Crippen molar-refractivity contribution in [2.45, 2.75) is 6.54 Å². The minimum atomic E-state index is -0.245. The predicted molar refractivity (Wildman–Crippen MR) is 118 cm³/mol. The summed E-state index contributed by atoms with van der Waals surface area (Å²) in [4.78, 5) is 17.3. The van der Waals surface area contributed by atoms with Crippen LogP contribution < -0.4 is 14.8 Å². The topological polar surface area (TPSA) is 78.3 Å². The number of carbonyl (C=O) groups excluding carboxylic acids is 1. The SMILES string of the molecule is COc1ccc(OC)c(CNC(=O)c2cn(-c3ccccc3)nc2-c2cccnc2)c1. The third kappa shape index (κ3) is 4.40. The second-order valence-electron chi connectivity index (χ2n) is 6.77. The van der Waals surface area contributed by atoms with Crippen LogP contribution in [0.2, 0.25) is 0 Å². The van der Waals surface area contributed by atoms with E-state index in [2.05, 4.69) is 15.4 Å². The van der Waals surface area contributed by atoms with E-state index in [1.54, 1.807) is 37.5 Å². The van der Waals surface area contributed by atoms with Crippen molar-refractivity contribution in [2.24, 2.45) is 0 Å². The van der Waals surface area contributed by atoms with Crippen molar-refractivity contribution < 1.29 is 14.3 Å². The lowest BCUT2D eigenvalue weighted by atomic mass is 10.1. The number of hydrogen-bond donors (Lipinski definition) is 1. The average Bonchev–Trinajstić information content (AvgIpc) is 3.29. The predicted octanol–water partition coefficient (Wildman–Crippen LogP) is 3.88. The fourth-order valence-corrected chi connectivity index (χ4v) is 3.26. The van der Waals surface area contributed by atoms with Crippen molar-refractivity contribution in [1.82, 2.24) is 20.1 Å². The zero-order valence-electron chi connectivity index (χ0n) is 17.3. The summed E-state index contributed by atoms with van der Waals surface area (Å²) in [6.07, 6.45) is 5.11. The molecule has 156 valence electrons. The molecule has 0 atom stereocenters. The van der Waals surface area contributed by atoms with Crippen LogP contribution in [0.5, 0.6) is 11.5 Å². The summed E-state index contributed by atoms with van der Waals surface area (Å²) in [7, 11) is 3.19. The Morgan fingerprint density at radius 1 is 1.03 bits per heavy atom. The van der Waals surface area contributed by atoms with Gasteiger partial charge < -0.3 is 14.8 Å². The fraction of sp³-hybridized carbons (Fsp3) is 0.125. The van der Waals surface area contributed by atoms with E-state index in [4.69, 9.17) is 9.47 Å². The second-order valence-corrected chi connectivity index (χ2v) is 6.77. The van der Waals surface area contributed by atoms with Gasteiger partial charge in [-0.2, -0.15) is 5.10 Å². The molecule has 7 heteroatoms. The van der Waals surface area contributed by atoms with Gasteiger partial charge in [-0.1, -0.05) is 18.2 Å². The molecule has 2 aromatic heterocycles. The van der Waals surface area contributed by atoms with Crippen LogP contribution in [0.25, 0.3) is 16.9 Å². The highest BCUT2D eigenvalue weighted by atomic mass is 16.5. The third-order valence-electron chi connectivity index (χ3n) is 4.84. The summed E-state index contributed by atoms with van der Waals surface area (Å²) in [5.74, 6) is 1.12. The number of amides is 1. The molecule has 0 spiro atoms. The third-order valence-corrected chi connectivity index (χ3v) is 4.84. The molecule has 0 saturated carbocycles. The van der Waals surface area contributed by atoms with Crippen LogP contribution in [0.4, 0.5) is 0 Å². The summed E-state index contributed by atoms with van der Waals surface area (Å²) in [5, 5.41) is 7.63. The van der Waals surface area contributed by atoms with E-state index in [1.807, 2.05) is 60.7 Å². The maximum Gasteiger partial charge on any atom is 0.255 e. The Morgan fingerprint density at radius 3 is 2.58 bits per heavy atom. The minimum Gasteiger partial charge on any atom is -0.497 e. The first-order valence-electron chi connectivity index (χ1n) is 9.74. The zero-order chi connectivity index (χ0) is 21.6. The average molecular weight is 414 g/mol. The molecule has 4 rings (SSSR count). The second kappa shape index (κ2) is 9.13. The zero-order valence-corrected chi connectivity index (χ0v) is 17.3. The molecular formula is C24H22N4O3. The number of methoxy groups -OCH3 is 2. The van der Waals surface area contributed by atoms with Gasteiger partial charge in [0.15, 0.2) is 0 Å². The van der Waals surface area contributed by atoms with E-state index in [9.17, 15) is 4.79 Å². The lowest BCUT2D eigenvalue weighted by Crippen LogP contribution is -2.23. The van der Waals surface area contributed by atoms with Gasteiger partial charge in [-0.15, -0.1) is 0 Å². The van der Waals surface area contributed by atoms with Gasteiger partial charge in [-0.05, 0) is 42.5 Å². The smallest absolute Gasteiger partial charge is 0.255 e. The number of nitrogens with zero attached hydrogens (tertiary/aromatic N) is 3. The molecule has 0 radical (unpaired) electrons. The Kier molecular flexibility index (Phi) is 5.93. The molecule has 0 saturated heterocycles. The normalized spacial score (nSPS) is 10.5. The van der Waals surface area contributed by atoms with Crippen molar-refractivity contribution in [3.63, 3.8) is 0 Å². The summed E-state index contributed by atoms with van der Waals surface area (Å²) >= 11 is 0. The Morgan fingerprint density at radius 2 is 1.87 bits per heavy atom. The van der Waals surface area contributed by atoms with E-state index < -0.39 is 0 Å². The first-order valence-corrected chi connectivity index (χ1v) is 9.74. The number of nitrogens with one attached hydrogen (secondary N) is 1. The van der Waals surface area contributed by atoms with Crippen LogP contribution in [0.15, 0.2) is 79.3 Å². The van der Waals surface area contributed by atoms with E-state index in [-0.39, 0.29) is 12.5 Å². The van der Waals surface area contributed by atoms with Gasteiger partial charge >= 0.3 is 0 Å². The molecule has 0 fully saturated rings. The molecule has 0 aliphatic carbocycles. The molecular weight excluding hydrogens is 392 g/mol. The summed E-state index contributed by atoms with van der Waals surface area (Å²) in [6, 6.07) is 18.8. The van der Waals surface area contributed by atoms with Gasteiger partial charge in [0.1, 0.15) is 17.2 Å².